The summed E-state index contributed by atoms with van der Waals surface area (Å²) < 4.78 is 24.2. The quantitative estimate of drug-likeness (QED) is 0.760. The predicted molar refractivity (Wildman–Crippen MR) is 113 cm³/mol. The number of amidine groups is 1. The molecule has 0 spiro atoms. The minimum Gasteiger partial charge on any atom is -0.386 e. The molecule has 0 aliphatic carbocycles. The highest BCUT2D eigenvalue weighted by molar-refractivity contribution is 7.93. The third-order valence-corrected chi connectivity index (χ3v) is 9.27. The van der Waals surface area contributed by atoms with Crippen molar-refractivity contribution in [3.8, 4) is 0 Å². The van der Waals surface area contributed by atoms with Gasteiger partial charge in [-0.15, -0.1) is 11.3 Å². The Morgan fingerprint density at radius 2 is 2.00 bits per heavy atom. The summed E-state index contributed by atoms with van der Waals surface area (Å²) in [5.41, 5.74) is 5.60. The molecule has 2 aromatic rings. The van der Waals surface area contributed by atoms with Crippen LogP contribution in [0, 0.1) is 6.92 Å². The van der Waals surface area contributed by atoms with Gasteiger partial charge < -0.3 is 11.1 Å². The molecule has 0 fully saturated rings. The summed E-state index contributed by atoms with van der Waals surface area (Å²) in [5, 5.41) is 3.00. The molecule has 0 saturated carbocycles. The first-order chi connectivity index (χ1) is 12.9. The normalized spacial score (nSPS) is 23.1. The molecule has 1 aliphatic rings. The summed E-state index contributed by atoms with van der Waals surface area (Å²) in [6.07, 6.45) is 0. The van der Waals surface area contributed by atoms with Crippen LogP contribution < -0.4 is 11.1 Å². The van der Waals surface area contributed by atoms with Crippen LogP contribution in [0.15, 0.2) is 29.3 Å². The van der Waals surface area contributed by atoms with Gasteiger partial charge >= 0.3 is 0 Å². The number of carbonyl (C=O) groups excluding carboxylic acids is 1. The average molecular weight is 441 g/mol. The maximum atomic E-state index is 12.7. The number of aryl methyl sites for hydroxylation is 1. The lowest BCUT2D eigenvalue weighted by Gasteiger charge is -2.37. The Morgan fingerprint density at radius 3 is 2.61 bits per heavy atom. The average Bonchev–Trinajstić information content (AvgIpc) is 2.96. The molecular weight excluding hydrogens is 420 g/mol. The molecule has 2 aromatic heterocycles. The fraction of sp³-hybridized carbons (Fsp3) is 0.389. The number of nitrogens with two attached hydrogens (primary N) is 1. The second-order valence-electron chi connectivity index (χ2n) is 7.45. The van der Waals surface area contributed by atoms with E-state index in [0.717, 1.165) is 17.0 Å². The van der Waals surface area contributed by atoms with E-state index in [0.29, 0.717) is 15.6 Å². The van der Waals surface area contributed by atoms with Crippen molar-refractivity contribution in [3.63, 3.8) is 0 Å². The van der Waals surface area contributed by atoms with Crippen LogP contribution in [0.5, 0.6) is 0 Å². The molecule has 0 radical (unpaired) electrons. The molecule has 0 bridgehead atoms. The predicted octanol–water partition coefficient (Wildman–Crippen LogP) is 3.14. The highest BCUT2D eigenvalue weighted by Crippen LogP contribution is 2.43. The lowest BCUT2D eigenvalue weighted by molar-refractivity contribution is 0.103. The van der Waals surface area contributed by atoms with E-state index in [1.165, 1.54) is 19.9 Å². The van der Waals surface area contributed by atoms with Crippen LogP contribution in [0.3, 0.4) is 0 Å². The van der Waals surface area contributed by atoms with E-state index < -0.39 is 20.1 Å². The maximum Gasteiger partial charge on any atom is 0.266 e. The number of rotatable bonds is 3. The number of amides is 1. The SMILES string of the molecule is Cc1cccc(NC(=O)c2cc(Cl)c([C@]3(C)CS(=O)(=O)C(C)(C)C(N)=N3)s2)n1. The number of pyridine rings is 1. The fourth-order valence-corrected chi connectivity index (χ4v) is 6.19. The van der Waals surface area contributed by atoms with Crippen LogP contribution in [0.4, 0.5) is 5.82 Å². The zero-order chi connectivity index (χ0) is 20.9. The number of sulfone groups is 1. The van der Waals surface area contributed by atoms with E-state index in [4.69, 9.17) is 17.3 Å². The summed E-state index contributed by atoms with van der Waals surface area (Å²) >= 11 is 7.46. The molecule has 7 nitrogen and oxygen atoms in total. The Bertz CT molecular complexity index is 1090. The number of aliphatic imine (C=N–C) groups is 1. The van der Waals surface area contributed by atoms with E-state index in [1.807, 2.05) is 13.0 Å². The lowest BCUT2D eigenvalue weighted by Crippen LogP contribution is -2.54. The lowest BCUT2D eigenvalue weighted by atomic mass is 10.0. The molecule has 3 heterocycles. The molecule has 28 heavy (non-hydrogen) atoms. The van der Waals surface area contributed by atoms with Gasteiger partial charge in [-0.1, -0.05) is 17.7 Å². The van der Waals surface area contributed by atoms with Crippen molar-refractivity contribution in [1.82, 2.24) is 4.98 Å². The zero-order valence-electron chi connectivity index (χ0n) is 15.9. The second-order valence-corrected chi connectivity index (χ2v) is 11.4. The topological polar surface area (TPSA) is 115 Å². The Morgan fingerprint density at radius 1 is 1.32 bits per heavy atom. The van der Waals surface area contributed by atoms with Gasteiger partial charge in [0.2, 0.25) is 0 Å². The Hall–Kier alpha value is -1.97. The van der Waals surface area contributed by atoms with Crippen molar-refractivity contribution >= 4 is 50.3 Å². The Kier molecular flexibility index (Phi) is 5.06. The van der Waals surface area contributed by atoms with E-state index in [2.05, 4.69) is 15.3 Å². The van der Waals surface area contributed by atoms with Gasteiger partial charge in [0.1, 0.15) is 21.9 Å². The van der Waals surface area contributed by atoms with Crippen molar-refractivity contribution in [2.24, 2.45) is 10.7 Å². The molecule has 150 valence electrons. The Labute approximate surface area is 173 Å². The third-order valence-electron chi connectivity index (χ3n) is 4.76. The first-order valence-electron chi connectivity index (χ1n) is 8.49. The molecule has 0 saturated heterocycles. The summed E-state index contributed by atoms with van der Waals surface area (Å²) in [6, 6.07) is 6.81. The number of aromatic nitrogens is 1. The molecule has 1 aliphatic heterocycles. The van der Waals surface area contributed by atoms with Crippen molar-refractivity contribution in [1.29, 1.82) is 0 Å². The van der Waals surface area contributed by atoms with Crippen molar-refractivity contribution in [2.75, 3.05) is 11.1 Å². The standard InChI is InChI=1S/C18H21ClN4O3S2/c1-10-6-5-7-13(21-10)22-15(24)12-8-11(19)14(27-12)18(4)9-28(25,26)17(2,3)16(20)23-18/h5-8H,9H2,1-4H3,(H2,20,23)(H,21,22,24)/t18-/m0/s1. The molecular formula is C18H21ClN4O3S2. The maximum absolute atomic E-state index is 12.7. The summed E-state index contributed by atoms with van der Waals surface area (Å²) in [4.78, 5) is 22.1. The minimum atomic E-state index is -3.57. The number of hydrogen-bond donors (Lipinski definition) is 2. The number of carbonyl (C=O) groups is 1. The van der Waals surface area contributed by atoms with Gasteiger partial charge in [0.15, 0.2) is 9.84 Å². The second kappa shape index (κ2) is 6.82. The summed E-state index contributed by atoms with van der Waals surface area (Å²) in [7, 11) is -3.57. The van der Waals surface area contributed by atoms with E-state index >= 15 is 0 Å². The van der Waals surface area contributed by atoms with Crippen molar-refractivity contribution in [3.05, 3.63) is 44.7 Å². The number of nitrogens with one attached hydrogen (secondary N) is 1. The summed E-state index contributed by atoms with van der Waals surface area (Å²) in [6.45, 7) is 6.55. The fourth-order valence-electron chi connectivity index (χ4n) is 2.90. The number of nitrogens with zero attached hydrogens (tertiary/aromatic N) is 2. The number of anilines is 1. The monoisotopic (exact) mass is 440 g/mol. The Balaban J connectivity index is 1.96. The molecule has 3 rings (SSSR count). The van der Waals surface area contributed by atoms with Crippen LogP contribution in [-0.4, -0.2) is 35.6 Å². The molecule has 0 aromatic carbocycles. The summed E-state index contributed by atoms with van der Waals surface area (Å²) in [5.74, 6) is -0.169. The van der Waals surface area contributed by atoms with Crippen molar-refractivity contribution < 1.29 is 13.2 Å². The first-order valence-corrected chi connectivity index (χ1v) is 11.3. The highest BCUT2D eigenvalue weighted by Gasteiger charge is 2.50. The smallest absolute Gasteiger partial charge is 0.266 e. The van der Waals surface area contributed by atoms with Crippen LogP contribution in [0.25, 0.3) is 0 Å². The largest absolute Gasteiger partial charge is 0.386 e. The number of hydrogen-bond acceptors (Lipinski definition) is 7. The number of halogens is 1. The molecule has 10 heteroatoms. The minimum absolute atomic E-state index is 0.0284. The molecule has 0 unspecified atom stereocenters. The van der Waals surface area contributed by atoms with Crippen molar-refractivity contribution in [2.45, 2.75) is 38.0 Å². The zero-order valence-corrected chi connectivity index (χ0v) is 18.3. The third kappa shape index (κ3) is 3.54. The molecule has 1 amide bonds. The van der Waals surface area contributed by atoms with Crippen LogP contribution >= 0.6 is 22.9 Å². The number of thiophene rings is 1. The van der Waals surface area contributed by atoms with E-state index in [1.54, 1.807) is 19.1 Å². The van der Waals surface area contributed by atoms with Gasteiger partial charge in [0, 0.05) is 5.69 Å². The van der Waals surface area contributed by atoms with Crippen LogP contribution in [-0.2, 0) is 15.4 Å². The van der Waals surface area contributed by atoms with Gasteiger partial charge in [0.05, 0.1) is 20.5 Å². The van der Waals surface area contributed by atoms with Crippen LogP contribution in [0.1, 0.15) is 41.0 Å². The molecule has 1 atom stereocenters. The van der Waals surface area contributed by atoms with Gasteiger partial charge in [-0.05, 0) is 45.9 Å². The van der Waals surface area contributed by atoms with Gasteiger partial charge in [0.25, 0.3) is 5.91 Å². The molecule has 3 N–H and O–H groups in total. The van der Waals surface area contributed by atoms with Crippen LogP contribution in [0.2, 0.25) is 5.02 Å². The van der Waals surface area contributed by atoms with E-state index in [-0.39, 0.29) is 22.5 Å². The highest BCUT2D eigenvalue weighted by atomic mass is 35.5. The van der Waals surface area contributed by atoms with Gasteiger partial charge in [-0.25, -0.2) is 13.4 Å². The van der Waals surface area contributed by atoms with E-state index in [9.17, 15) is 13.2 Å². The van der Waals surface area contributed by atoms with Gasteiger partial charge in [-0.3, -0.25) is 9.79 Å². The first kappa shape index (κ1) is 20.8. The van der Waals surface area contributed by atoms with Gasteiger partial charge in [-0.2, -0.15) is 0 Å².